The molecule has 0 bridgehead atoms. The second kappa shape index (κ2) is 29.9. The van der Waals surface area contributed by atoms with Gasteiger partial charge in [-0.1, -0.05) is 90.4 Å². The lowest BCUT2D eigenvalue weighted by atomic mass is 10.0. The fourth-order valence-electron chi connectivity index (χ4n) is 2.46. The Morgan fingerprint density at radius 2 is 0.966 bits per heavy atom. The van der Waals surface area contributed by atoms with E-state index < -0.39 is 10.4 Å². The Morgan fingerprint density at radius 3 is 1.21 bits per heavy atom. The molecule has 0 unspecified atom stereocenters. The first-order valence-corrected chi connectivity index (χ1v) is 12.4. The summed E-state index contributed by atoms with van der Waals surface area (Å²) in [6.45, 7) is 3.22. The first kappa shape index (κ1) is 33.4. The van der Waals surface area contributed by atoms with E-state index in [1.807, 2.05) is 0 Å². The molecule has 0 aromatic rings. The van der Waals surface area contributed by atoms with Crippen LogP contribution in [-0.2, 0) is 14.6 Å². The molecule has 180 valence electrons. The Kier molecular flexibility index (Phi) is 34.4. The lowest BCUT2D eigenvalue weighted by molar-refractivity contribution is 0.255. The predicted octanol–water partition coefficient (Wildman–Crippen LogP) is 2.82. The Hall–Kier alpha value is -0.290. The van der Waals surface area contributed by atoms with Crippen LogP contribution in [0.1, 0.15) is 96.8 Å². The Morgan fingerprint density at radius 1 is 0.690 bits per heavy atom. The molecule has 0 saturated carbocycles. The van der Waals surface area contributed by atoms with Crippen LogP contribution < -0.4 is 11.5 Å². The summed E-state index contributed by atoms with van der Waals surface area (Å²) >= 11 is 0. The molecule has 6 N–H and O–H groups in total. The molecule has 0 aliphatic carbocycles. The molecular formula is C20H47N2O6S-. The SMILES string of the molecule is CCCCCCCCCCCCCCCCOS(=O)(=O)[O-].NCCO.NCCO. The fourth-order valence-corrected chi connectivity index (χ4v) is 2.78. The molecule has 0 spiro atoms. The third-order valence-corrected chi connectivity index (χ3v) is 4.44. The highest BCUT2D eigenvalue weighted by Crippen LogP contribution is 2.12. The molecule has 0 aliphatic rings. The number of aliphatic hydroxyl groups excluding tert-OH is 2. The summed E-state index contributed by atoms with van der Waals surface area (Å²) in [6, 6.07) is 0. The molecule has 0 aromatic heterocycles. The number of hydrogen-bond donors (Lipinski definition) is 4. The molecule has 0 aromatic carbocycles. The molecule has 29 heavy (non-hydrogen) atoms. The minimum atomic E-state index is -4.49. The van der Waals surface area contributed by atoms with Crippen LogP contribution in [0.4, 0.5) is 0 Å². The van der Waals surface area contributed by atoms with E-state index in [1.165, 1.54) is 70.6 Å². The lowest BCUT2D eigenvalue weighted by Crippen LogP contribution is -2.05. The van der Waals surface area contributed by atoms with Crippen molar-refractivity contribution in [1.29, 1.82) is 0 Å². The van der Waals surface area contributed by atoms with Crippen molar-refractivity contribution < 1.29 is 27.4 Å². The van der Waals surface area contributed by atoms with E-state index in [2.05, 4.69) is 11.1 Å². The lowest BCUT2D eigenvalue weighted by Gasteiger charge is -2.07. The summed E-state index contributed by atoms with van der Waals surface area (Å²) in [5.41, 5.74) is 9.56. The highest BCUT2D eigenvalue weighted by molar-refractivity contribution is 7.80. The number of nitrogens with two attached hydrogens (primary N) is 2. The molecule has 0 heterocycles. The van der Waals surface area contributed by atoms with Gasteiger partial charge in [0.15, 0.2) is 0 Å². The molecule has 0 rings (SSSR count). The van der Waals surface area contributed by atoms with Crippen molar-refractivity contribution in [2.75, 3.05) is 32.9 Å². The van der Waals surface area contributed by atoms with Crippen molar-refractivity contribution in [1.82, 2.24) is 0 Å². The zero-order valence-electron chi connectivity index (χ0n) is 18.5. The normalized spacial score (nSPS) is 10.7. The van der Waals surface area contributed by atoms with Crippen LogP contribution in [0.2, 0.25) is 0 Å². The zero-order valence-corrected chi connectivity index (χ0v) is 19.3. The molecule has 0 aliphatic heterocycles. The van der Waals surface area contributed by atoms with Crippen LogP contribution in [0.15, 0.2) is 0 Å². The van der Waals surface area contributed by atoms with Crippen LogP contribution in [-0.4, -0.2) is 56.1 Å². The van der Waals surface area contributed by atoms with E-state index in [0.717, 1.165) is 12.8 Å². The minimum Gasteiger partial charge on any atom is -0.726 e. The van der Waals surface area contributed by atoms with Crippen LogP contribution in [0, 0.1) is 0 Å². The van der Waals surface area contributed by atoms with Gasteiger partial charge in [0.2, 0.25) is 10.4 Å². The third kappa shape index (κ3) is 47.1. The van der Waals surface area contributed by atoms with Crippen LogP contribution >= 0.6 is 0 Å². The van der Waals surface area contributed by atoms with Crippen molar-refractivity contribution in [3.8, 4) is 0 Å². The van der Waals surface area contributed by atoms with Crippen LogP contribution in [0.3, 0.4) is 0 Å². The van der Waals surface area contributed by atoms with Gasteiger partial charge in [-0.2, -0.15) is 0 Å². The van der Waals surface area contributed by atoms with E-state index in [-0.39, 0.29) is 19.8 Å². The molecule has 9 heteroatoms. The second-order valence-electron chi connectivity index (χ2n) is 6.85. The predicted molar refractivity (Wildman–Crippen MR) is 118 cm³/mol. The third-order valence-electron chi connectivity index (χ3n) is 3.98. The smallest absolute Gasteiger partial charge is 0.217 e. The first-order valence-electron chi connectivity index (χ1n) is 11.1. The second-order valence-corrected chi connectivity index (χ2v) is 7.90. The fraction of sp³-hybridized carbons (Fsp3) is 1.00. The summed E-state index contributed by atoms with van der Waals surface area (Å²) in [7, 11) is -4.49. The summed E-state index contributed by atoms with van der Waals surface area (Å²) in [4.78, 5) is 0. The molecule has 0 saturated heterocycles. The maximum Gasteiger partial charge on any atom is 0.217 e. The van der Waals surface area contributed by atoms with Gasteiger partial charge in [-0.25, -0.2) is 8.42 Å². The van der Waals surface area contributed by atoms with Gasteiger partial charge < -0.3 is 26.2 Å². The highest BCUT2D eigenvalue weighted by Gasteiger charge is 1.96. The Balaban J connectivity index is -0.000000712. The number of hydrogen-bond acceptors (Lipinski definition) is 8. The maximum atomic E-state index is 10.2. The molecule has 0 atom stereocenters. The van der Waals surface area contributed by atoms with E-state index in [1.54, 1.807) is 0 Å². The average Bonchev–Trinajstić information content (AvgIpc) is 2.70. The Bertz CT molecular complexity index is 362. The standard InChI is InChI=1S/C16H34O4S.2C2H7NO/c1-2-3-4-5-6-7-8-9-10-11-12-13-14-15-16-20-21(17,18)19;2*3-1-2-4/h2-16H2,1H3,(H,17,18,19);2*4H,1-3H2/p-1. The summed E-state index contributed by atoms with van der Waals surface area (Å²) in [6.07, 6.45) is 17.4. The number of unbranched alkanes of at least 4 members (excludes halogenated alkanes) is 13. The number of rotatable bonds is 18. The van der Waals surface area contributed by atoms with Gasteiger partial charge in [-0.15, -0.1) is 0 Å². The van der Waals surface area contributed by atoms with Gasteiger partial charge >= 0.3 is 0 Å². The number of aliphatic hydroxyl groups is 2. The summed E-state index contributed by atoms with van der Waals surface area (Å²) in [5, 5.41) is 15.5. The van der Waals surface area contributed by atoms with Gasteiger partial charge in [0, 0.05) is 13.1 Å². The van der Waals surface area contributed by atoms with E-state index in [9.17, 15) is 13.0 Å². The molecule has 0 amide bonds. The van der Waals surface area contributed by atoms with Crippen molar-refractivity contribution in [2.45, 2.75) is 96.8 Å². The van der Waals surface area contributed by atoms with Crippen molar-refractivity contribution >= 4 is 10.4 Å². The average molecular weight is 444 g/mol. The molecule has 8 nitrogen and oxygen atoms in total. The zero-order chi connectivity index (χ0) is 22.6. The monoisotopic (exact) mass is 443 g/mol. The first-order chi connectivity index (χ1) is 13.9. The Labute approximate surface area is 179 Å². The van der Waals surface area contributed by atoms with Crippen molar-refractivity contribution in [3.05, 3.63) is 0 Å². The van der Waals surface area contributed by atoms with Crippen LogP contribution in [0.5, 0.6) is 0 Å². The van der Waals surface area contributed by atoms with Gasteiger partial charge in [0.1, 0.15) is 0 Å². The van der Waals surface area contributed by atoms with E-state index in [4.69, 9.17) is 21.7 Å². The van der Waals surface area contributed by atoms with E-state index in [0.29, 0.717) is 19.5 Å². The quantitative estimate of drug-likeness (QED) is 0.143. The van der Waals surface area contributed by atoms with Gasteiger partial charge in [0.25, 0.3) is 0 Å². The maximum absolute atomic E-state index is 10.2. The van der Waals surface area contributed by atoms with Crippen molar-refractivity contribution in [3.63, 3.8) is 0 Å². The molecular weight excluding hydrogens is 396 g/mol. The van der Waals surface area contributed by atoms with Gasteiger partial charge in [0.05, 0.1) is 19.8 Å². The van der Waals surface area contributed by atoms with E-state index >= 15 is 0 Å². The van der Waals surface area contributed by atoms with Crippen LogP contribution in [0.25, 0.3) is 0 Å². The van der Waals surface area contributed by atoms with Gasteiger partial charge in [-0.3, -0.25) is 4.18 Å². The summed E-state index contributed by atoms with van der Waals surface area (Å²) < 4.78 is 34.7. The minimum absolute atomic E-state index is 0.0316. The van der Waals surface area contributed by atoms with Gasteiger partial charge in [-0.05, 0) is 6.42 Å². The van der Waals surface area contributed by atoms with Crippen molar-refractivity contribution in [2.24, 2.45) is 11.5 Å². The molecule has 0 radical (unpaired) electrons. The largest absolute Gasteiger partial charge is 0.726 e. The topological polar surface area (TPSA) is 159 Å². The highest BCUT2D eigenvalue weighted by atomic mass is 32.3. The molecule has 0 fully saturated rings. The summed E-state index contributed by atoms with van der Waals surface area (Å²) in [5.74, 6) is 0.